The van der Waals surface area contributed by atoms with Crippen molar-refractivity contribution in [3.8, 4) is 5.75 Å². The number of ether oxygens (including phenoxy) is 2. The van der Waals surface area contributed by atoms with Crippen molar-refractivity contribution in [2.24, 2.45) is 10.1 Å². The third-order valence-electron chi connectivity index (χ3n) is 7.77. The number of rotatable bonds is 12. The summed E-state index contributed by atoms with van der Waals surface area (Å²) in [4.78, 5) is 22.6. The number of aliphatic hydroxyl groups is 1. The van der Waals surface area contributed by atoms with Crippen molar-refractivity contribution < 1.29 is 19.4 Å². The summed E-state index contributed by atoms with van der Waals surface area (Å²) in [6.07, 6.45) is 2.84. The lowest BCUT2D eigenvalue weighted by atomic mass is 9.81. The lowest BCUT2D eigenvalue weighted by molar-refractivity contribution is -0.134. The molecule has 0 radical (unpaired) electrons. The lowest BCUT2D eigenvalue weighted by Gasteiger charge is -2.35. The van der Waals surface area contributed by atoms with E-state index >= 15 is 0 Å². The van der Waals surface area contributed by atoms with Gasteiger partial charge in [0.15, 0.2) is 11.6 Å². The van der Waals surface area contributed by atoms with Crippen LogP contribution in [-0.2, 0) is 22.5 Å². The number of nitrogens with one attached hydrogen (secondary N) is 1. The van der Waals surface area contributed by atoms with Gasteiger partial charge in [0, 0.05) is 58.6 Å². The van der Waals surface area contributed by atoms with Gasteiger partial charge in [0.2, 0.25) is 5.90 Å². The van der Waals surface area contributed by atoms with E-state index in [-0.39, 0.29) is 31.4 Å². The van der Waals surface area contributed by atoms with E-state index < -0.39 is 11.6 Å². The Kier molecular flexibility index (Phi) is 10.6. The average molecular weight is 638 g/mol. The summed E-state index contributed by atoms with van der Waals surface area (Å²) in [7, 11) is 0. The number of benzene rings is 3. The Labute approximate surface area is 266 Å². The average Bonchev–Trinajstić information content (AvgIpc) is 3.41. The molecule has 1 saturated heterocycles. The van der Waals surface area contributed by atoms with E-state index in [1.54, 1.807) is 30.3 Å². The molecule has 2 atom stereocenters. The first-order valence-corrected chi connectivity index (χ1v) is 15.4. The second-order valence-electron chi connectivity index (χ2n) is 10.8. The highest BCUT2D eigenvalue weighted by Gasteiger charge is 2.54. The zero-order chi connectivity index (χ0) is 30.9. The zero-order valence-electron chi connectivity index (χ0n) is 24.2. The maximum absolute atomic E-state index is 14.6. The molecule has 2 aliphatic rings. The molecule has 0 unspecified atom stereocenters. The van der Waals surface area contributed by atoms with Gasteiger partial charge in [-0.3, -0.25) is 10.2 Å². The van der Waals surface area contributed by atoms with Gasteiger partial charge in [0.25, 0.3) is 5.91 Å². The van der Waals surface area contributed by atoms with Crippen LogP contribution in [0.15, 0.2) is 76.8 Å². The molecule has 3 aromatic rings. The van der Waals surface area contributed by atoms with Gasteiger partial charge in [-0.1, -0.05) is 65.1 Å². The molecule has 2 N–H and O–H groups in total. The van der Waals surface area contributed by atoms with E-state index in [0.717, 1.165) is 43.5 Å². The summed E-state index contributed by atoms with van der Waals surface area (Å²) in [5.74, 6) is 0.594. The van der Waals surface area contributed by atoms with E-state index in [0.29, 0.717) is 39.9 Å². The molecule has 5 rings (SSSR count). The normalized spacial score (nSPS) is 19.9. The third-order valence-corrected chi connectivity index (χ3v) is 8.34. The number of piperidine rings is 1. The summed E-state index contributed by atoms with van der Waals surface area (Å²) in [6, 6.07) is 19.9. The fourth-order valence-electron chi connectivity index (χ4n) is 5.50. The fourth-order valence-corrected chi connectivity index (χ4v) is 6.01. The number of halogens is 2. The maximum Gasteiger partial charge on any atom is 0.266 e. The molecule has 10 nitrogen and oxygen atoms in total. The van der Waals surface area contributed by atoms with Gasteiger partial charge in [-0.15, -0.1) is 0 Å². The number of nitrogens with zero attached hydrogens (tertiary/aromatic N) is 5. The molecule has 44 heavy (non-hydrogen) atoms. The highest BCUT2D eigenvalue weighted by Crippen LogP contribution is 2.45. The molecule has 12 heteroatoms. The second-order valence-corrected chi connectivity index (χ2v) is 11.6. The van der Waals surface area contributed by atoms with E-state index in [1.165, 1.54) is 0 Å². The number of hydrogen-bond acceptors (Lipinski definition) is 7. The first kappa shape index (κ1) is 31.6. The van der Waals surface area contributed by atoms with Gasteiger partial charge in [-0.2, -0.15) is 0 Å². The highest BCUT2D eigenvalue weighted by molar-refractivity contribution is 6.35. The minimum absolute atomic E-state index is 0.0466. The summed E-state index contributed by atoms with van der Waals surface area (Å²) < 4.78 is 12.3. The van der Waals surface area contributed by atoms with E-state index in [4.69, 9.17) is 48.3 Å². The summed E-state index contributed by atoms with van der Waals surface area (Å²) in [5.41, 5.74) is 13.5. The molecule has 0 spiro atoms. The van der Waals surface area contributed by atoms with Gasteiger partial charge in [0.05, 0.1) is 13.2 Å². The predicted molar refractivity (Wildman–Crippen MR) is 170 cm³/mol. The molecule has 1 amide bonds. The smallest absolute Gasteiger partial charge is 0.266 e. The Morgan fingerprint density at radius 2 is 1.86 bits per heavy atom. The zero-order valence-corrected chi connectivity index (χ0v) is 25.7. The topological polar surface area (TPSA) is 132 Å². The van der Waals surface area contributed by atoms with Crippen molar-refractivity contribution in [3.63, 3.8) is 0 Å². The number of aliphatic hydroxyl groups excluding tert-OH is 1. The van der Waals surface area contributed by atoms with Crippen LogP contribution in [0, 0.1) is 0 Å². The van der Waals surface area contributed by atoms with E-state index in [2.05, 4.69) is 15.5 Å². The highest BCUT2D eigenvalue weighted by atomic mass is 35.5. The Morgan fingerprint density at radius 1 is 1.11 bits per heavy atom. The standard InChI is InChI=1S/C32H34Cl2N6O4/c33-25-11-14-27(28(34)19-25)29-32(31(42)38-40-15-4-1-5-16-40,20-23-7-2-3-8-24(23)21-36-39-35)37-30(44-29)22-9-12-26(13-10-22)43-18-6-17-41/h2-3,7-14,19,29,41H,1,4-6,15-18,20-21H2,(H,38,42)/t29-,32-/m0/s1. The summed E-state index contributed by atoms with van der Waals surface area (Å²) in [5, 5.41) is 15.6. The number of aliphatic imine (C=N–C) groups is 1. The molecular formula is C32H34Cl2N6O4. The van der Waals surface area contributed by atoms with Crippen molar-refractivity contribution in [1.29, 1.82) is 0 Å². The SMILES string of the molecule is [N-]=[N+]=NCc1ccccc1C[C@]1(C(=O)NN2CCCCC2)N=C(c2ccc(OCCCO)cc2)O[C@H]1c1ccc(Cl)cc1Cl. The largest absolute Gasteiger partial charge is 0.494 e. The molecule has 2 aliphatic heterocycles. The van der Waals surface area contributed by atoms with Crippen LogP contribution in [0.3, 0.4) is 0 Å². The summed E-state index contributed by atoms with van der Waals surface area (Å²) in [6.45, 7) is 2.02. The number of carbonyl (C=O) groups is 1. The Morgan fingerprint density at radius 3 is 2.57 bits per heavy atom. The van der Waals surface area contributed by atoms with Crippen LogP contribution in [0.25, 0.3) is 10.4 Å². The number of hydrazine groups is 1. The Balaban J connectivity index is 1.61. The number of amides is 1. The Hall–Kier alpha value is -3.79. The molecular weight excluding hydrogens is 603 g/mol. The van der Waals surface area contributed by atoms with Crippen LogP contribution < -0.4 is 10.2 Å². The monoisotopic (exact) mass is 636 g/mol. The lowest BCUT2D eigenvalue weighted by Crippen LogP contribution is -2.56. The summed E-state index contributed by atoms with van der Waals surface area (Å²) >= 11 is 13.0. The van der Waals surface area contributed by atoms with E-state index in [1.807, 2.05) is 41.4 Å². The molecule has 3 aromatic carbocycles. The quantitative estimate of drug-likeness (QED) is 0.100. The predicted octanol–water partition coefficient (Wildman–Crippen LogP) is 6.58. The van der Waals surface area contributed by atoms with Crippen LogP contribution in [0.2, 0.25) is 10.0 Å². The first-order valence-electron chi connectivity index (χ1n) is 14.6. The van der Waals surface area contributed by atoms with Gasteiger partial charge in [0.1, 0.15) is 5.75 Å². The van der Waals surface area contributed by atoms with Gasteiger partial charge in [-0.25, -0.2) is 10.0 Å². The van der Waals surface area contributed by atoms with Gasteiger partial charge < -0.3 is 14.6 Å². The fraction of sp³-hybridized carbons (Fsp3) is 0.375. The number of carbonyl (C=O) groups excluding carboxylic acids is 1. The van der Waals surface area contributed by atoms with Crippen molar-refractivity contribution >= 4 is 35.0 Å². The second kappa shape index (κ2) is 14.8. The molecule has 0 bridgehead atoms. The molecule has 0 aliphatic carbocycles. The minimum Gasteiger partial charge on any atom is -0.494 e. The van der Waals surface area contributed by atoms with Gasteiger partial charge >= 0.3 is 0 Å². The van der Waals surface area contributed by atoms with Crippen molar-refractivity contribution in [3.05, 3.63) is 109 Å². The van der Waals surface area contributed by atoms with E-state index in [9.17, 15) is 4.79 Å². The van der Waals surface area contributed by atoms with Crippen LogP contribution in [0.5, 0.6) is 5.75 Å². The van der Waals surface area contributed by atoms with Crippen LogP contribution in [0.1, 0.15) is 54.0 Å². The first-order chi connectivity index (χ1) is 21.4. The molecule has 1 fully saturated rings. The molecule has 230 valence electrons. The maximum atomic E-state index is 14.6. The van der Waals surface area contributed by atoms with Crippen LogP contribution >= 0.6 is 23.2 Å². The minimum atomic E-state index is -1.48. The van der Waals surface area contributed by atoms with Crippen LogP contribution in [-0.4, -0.2) is 53.8 Å². The van der Waals surface area contributed by atoms with Crippen LogP contribution in [0.4, 0.5) is 0 Å². The number of azide groups is 1. The molecule has 2 heterocycles. The van der Waals surface area contributed by atoms with Crippen molar-refractivity contribution in [2.45, 2.75) is 50.3 Å². The Bertz CT molecular complexity index is 1540. The van der Waals surface area contributed by atoms with Gasteiger partial charge in [-0.05, 0) is 65.9 Å². The van der Waals surface area contributed by atoms with Crippen molar-refractivity contribution in [2.75, 3.05) is 26.3 Å². The molecule has 0 aromatic heterocycles. The molecule has 0 saturated carbocycles. The third kappa shape index (κ3) is 7.29. The number of hydrogen-bond donors (Lipinski definition) is 2. The van der Waals surface area contributed by atoms with Crippen molar-refractivity contribution in [1.82, 2.24) is 10.4 Å².